The molecule has 1 aliphatic rings. The fourth-order valence-electron chi connectivity index (χ4n) is 2.24. The number of aryl methyl sites for hydroxylation is 1. The molecule has 2 heterocycles. The minimum absolute atomic E-state index is 0.815. The summed E-state index contributed by atoms with van der Waals surface area (Å²) >= 11 is 0. The van der Waals surface area contributed by atoms with Gasteiger partial charge in [-0.1, -0.05) is 0 Å². The molecule has 1 atom stereocenters. The first-order valence-electron chi connectivity index (χ1n) is 6.24. The molecule has 1 fully saturated rings. The number of piperidine rings is 1. The molecule has 16 heavy (non-hydrogen) atoms. The number of hydrogen-bond acceptors (Lipinski definition) is 3. The smallest absolute Gasteiger partial charge is 0.109 e. The molecule has 2 rings (SSSR count). The lowest BCUT2D eigenvalue weighted by molar-refractivity contribution is 0.361. The lowest BCUT2D eigenvalue weighted by atomic mass is 10.00. The van der Waals surface area contributed by atoms with Crippen LogP contribution >= 0.6 is 0 Å². The monoisotopic (exact) mass is 222 g/mol. The molecule has 0 amide bonds. The summed E-state index contributed by atoms with van der Waals surface area (Å²) in [5, 5.41) is 6.97. The molecule has 0 radical (unpaired) electrons. The van der Waals surface area contributed by atoms with Gasteiger partial charge in [-0.2, -0.15) is 0 Å². The highest BCUT2D eigenvalue weighted by Crippen LogP contribution is 2.08. The Kier molecular flexibility index (Phi) is 4.36. The van der Waals surface area contributed by atoms with Crippen LogP contribution in [0.15, 0.2) is 12.4 Å². The molecule has 4 nitrogen and oxygen atoms in total. The fourth-order valence-corrected chi connectivity index (χ4v) is 2.24. The van der Waals surface area contributed by atoms with Crippen LogP contribution in [0.4, 0.5) is 0 Å². The summed E-state index contributed by atoms with van der Waals surface area (Å²) in [7, 11) is 2.05. The largest absolute Gasteiger partial charge is 0.338 e. The summed E-state index contributed by atoms with van der Waals surface area (Å²) in [5.41, 5.74) is 0. The highest BCUT2D eigenvalue weighted by Gasteiger charge is 2.11. The first-order chi connectivity index (χ1) is 7.86. The number of imidazole rings is 1. The van der Waals surface area contributed by atoms with Gasteiger partial charge in [-0.15, -0.1) is 0 Å². The first kappa shape index (κ1) is 11.6. The second kappa shape index (κ2) is 6.01. The van der Waals surface area contributed by atoms with E-state index in [-0.39, 0.29) is 0 Å². The summed E-state index contributed by atoms with van der Waals surface area (Å²) in [6, 6.07) is 0. The minimum Gasteiger partial charge on any atom is -0.338 e. The number of nitrogens with one attached hydrogen (secondary N) is 2. The van der Waals surface area contributed by atoms with Crippen molar-refractivity contribution in [1.82, 2.24) is 20.2 Å². The predicted molar refractivity (Wildman–Crippen MR) is 65.4 cm³/mol. The van der Waals surface area contributed by atoms with Crippen LogP contribution in [0.2, 0.25) is 0 Å². The number of hydrogen-bond donors (Lipinski definition) is 2. The van der Waals surface area contributed by atoms with Gasteiger partial charge >= 0.3 is 0 Å². The number of nitrogens with zero attached hydrogens (tertiary/aromatic N) is 2. The number of aromatic nitrogens is 2. The zero-order valence-corrected chi connectivity index (χ0v) is 10.1. The Labute approximate surface area is 97.4 Å². The van der Waals surface area contributed by atoms with E-state index in [1.165, 1.54) is 25.9 Å². The number of rotatable bonds is 5. The molecule has 4 heteroatoms. The molecular weight excluding hydrogens is 200 g/mol. The lowest BCUT2D eigenvalue weighted by Crippen LogP contribution is -2.36. The Morgan fingerprint density at radius 2 is 2.56 bits per heavy atom. The molecule has 1 aromatic heterocycles. The van der Waals surface area contributed by atoms with Crippen LogP contribution in [0, 0.1) is 5.92 Å². The quantitative estimate of drug-likeness (QED) is 0.715. The van der Waals surface area contributed by atoms with E-state index < -0.39 is 0 Å². The van der Waals surface area contributed by atoms with Crippen LogP contribution in [0.5, 0.6) is 0 Å². The van der Waals surface area contributed by atoms with Gasteiger partial charge in [0.05, 0.1) is 0 Å². The maximum Gasteiger partial charge on any atom is 0.109 e. The topological polar surface area (TPSA) is 41.9 Å². The van der Waals surface area contributed by atoms with Crippen molar-refractivity contribution in [3.63, 3.8) is 0 Å². The van der Waals surface area contributed by atoms with Crippen molar-refractivity contribution >= 4 is 0 Å². The second-order valence-electron chi connectivity index (χ2n) is 4.62. The van der Waals surface area contributed by atoms with E-state index in [9.17, 15) is 0 Å². The minimum atomic E-state index is 0.815. The van der Waals surface area contributed by atoms with E-state index >= 15 is 0 Å². The molecule has 0 bridgehead atoms. The normalized spacial score (nSPS) is 21.2. The van der Waals surface area contributed by atoms with Gasteiger partial charge in [0.25, 0.3) is 0 Å². The second-order valence-corrected chi connectivity index (χ2v) is 4.62. The molecule has 0 aromatic carbocycles. The first-order valence-corrected chi connectivity index (χ1v) is 6.24. The Bertz CT molecular complexity index is 302. The van der Waals surface area contributed by atoms with Crippen LogP contribution in [-0.2, 0) is 13.5 Å². The van der Waals surface area contributed by atoms with E-state index in [1.807, 2.05) is 19.4 Å². The molecule has 0 saturated carbocycles. The average molecular weight is 222 g/mol. The standard InChI is InChI=1S/C12H22N4/c1-16-8-7-15-12(16)4-6-14-10-11-3-2-5-13-9-11/h7-8,11,13-14H,2-6,9-10H2,1H3. The van der Waals surface area contributed by atoms with Gasteiger partial charge in [0.15, 0.2) is 0 Å². The zero-order chi connectivity index (χ0) is 11.2. The van der Waals surface area contributed by atoms with Crippen molar-refractivity contribution in [3.05, 3.63) is 18.2 Å². The van der Waals surface area contributed by atoms with E-state index in [2.05, 4.69) is 20.2 Å². The Hall–Kier alpha value is -0.870. The maximum atomic E-state index is 4.31. The van der Waals surface area contributed by atoms with Crippen molar-refractivity contribution in [2.45, 2.75) is 19.3 Å². The van der Waals surface area contributed by atoms with Gasteiger partial charge in [-0.25, -0.2) is 4.98 Å². The van der Waals surface area contributed by atoms with Gasteiger partial charge in [0.1, 0.15) is 5.82 Å². The van der Waals surface area contributed by atoms with E-state index in [4.69, 9.17) is 0 Å². The third-order valence-electron chi connectivity index (χ3n) is 3.28. The van der Waals surface area contributed by atoms with Crippen LogP contribution in [0.25, 0.3) is 0 Å². The predicted octanol–water partition coefficient (Wildman–Crippen LogP) is 0.552. The average Bonchev–Trinajstić information content (AvgIpc) is 2.72. The Morgan fingerprint density at radius 3 is 3.25 bits per heavy atom. The van der Waals surface area contributed by atoms with Gasteiger partial charge < -0.3 is 15.2 Å². The summed E-state index contributed by atoms with van der Waals surface area (Å²) < 4.78 is 2.09. The molecule has 2 N–H and O–H groups in total. The van der Waals surface area contributed by atoms with Gasteiger partial charge in [-0.3, -0.25) is 0 Å². The maximum absolute atomic E-state index is 4.31. The molecule has 1 unspecified atom stereocenters. The van der Waals surface area contributed by atoms with E-state index in [1.54, 1.807) is 0 Å². The fraction of sp³-hybridized carbons (Fsp3) is 0.750. The van der Waals surface area contributed by atoms with Crippen LogP contribution in [0.3, 0.4) is 0 Å². The highest BCUT2D eigenvalue weighted by atomic mass is 15.0. The van der Waals surface area contributed by atoms with Crippen molar-refractivity contribution in [2.24, 2.45) is 13.0 Å². The van der Waals surface area contributed by atoms with E-state index in [0.717, 1.165) is 31.3 Å². The Balaban J connectivity index is 1.59. The molecule has 1 saturated heterocycles. The molecule has 1 aliphatic heterocycles. The van der Waals surface area contributed by atoms with Gasteiger partial charge in [0.2, 0.25) is 0 Å². The lowest BCUT2D eigenvalue weighted by Gasteiger charge is -2.22. The van der Waals surface area contributed by atoms with Crippen molar-refractivity contribution < 1.29 is 0 Å². The summed E-state index contributed by atoms with van der Waals surface area (Å²) in [6.07, 6.45) is 7.57. The van der Waals surface area contributed by atoms with Crippen LogP contribution < -0.4 is 10.6 Å². The van der Waals surface area contributed by atoms with Crippen molar-refractivity contribution in [2.75, 3.05) is 26.2 Å². The molecule has 90 valence electrons. The molecule has 0 spiro atoms. The zero-order valence-electron chi connectivity index (χ0n) is 10.1. The molecule has 1 aromatic rings. The highest BCUT2D eigenvalue weighted by molar-refractivity contribution is 4.91. The third-order valence-corrected chi connectivity index (χ3v) is 3.28. The van der Waals surface area contributed by atoms with Crippen molar-refractivity contribution in [1.29, 1.82) is 0 Å². The van der Waals surface area contributed by atoms with Crippen LogP contribution in [0.1, 0.15) is 18.7 Å². The van der Waals surface area contributed by atoms with Crippen molar-refractivity contribution in [3.8, 4) is 0 Å². The van der Waals surface area contributed by atoms with Gasteiger partial charge in [-0.05, 0) is 38.4 Å². The van der Waals surface area contributed by atoms with Crippen LogP contribution in [-0.4, -0.2) is 35.7 Å². The summed E-state index contributed by atoms with van der Waals surface area (Å²) in [4.78, 5) is 4.31. The SMILES string of the molecule is Cn1ccnc1CCNCC1CCCNC1. The van der Waals surface area contributed by atoms with Gasteiger partial charge in [0, 0.05) is 32.4 Å². The Morgan fingerprint density at radius 1 is 1.62 bits per heavy atom. The molecule has 0 aliphatic carbocycles. The third kappa shape index (κ3) is 3.32. The van der Waals surface area contributed by atoms with E-state index in [0.29, 0.717) is 0 Å². The molecular formula is C12H22N4. The summed E-state index contributed by atoms with van der Waals surface area (Å²) in [5.74, 6) is 1.98. The summed E-state index contributed by atoms with van der Waals surface area (Å²) in [6.45, 7) is 4.54.